The molecule has 1 saturated heterocycles. The molecule has 1 aliphatic heterocycles. The second-order valence-corrected chi connectivity index (χ2v) is 6.35. The fourth-order valence-electron chi connectivity index (χ4n) is 3.31. The number of nitrogens with zero attached hydrogens (tertiary/aromatic N) is 5. The Labute approximate surface area is 141 Å². The molecule has 0 radical (unpaired) electrons. The van der Waals surface area contributed by atoms with Gasteiger partial charge in [-0.2, -0.15) is 9.61 Å². The van der Waals surface area contributed by atoms with Crippen LogP contribution in [0.1, 0.15) is 24.6 Å². The monoisotopic (exact) mass is 322 g/mol. The van der Waals surface area contributed by atoms with Crippen molar-refractivity contribution >= 4 is 11.3 Å². The summed E-state index contributed by atoms with van der Waals surface area (Å²) in [4.78, 5) is 2.50. The van der Waals surface area contributed by atoms with E-state index >= 15 is 0 Å². The lowest BCUT2D eigenvalue weighted by Crippen LogP contribution is -2.26. The standard InChI is InChI=1S/C18H22N6/c1-2-15-10-17(18-21-19-13-24(18)22-15)20-16-8-9-23(12-16)11-14-6-4-3-5-7-14/h3-7,10,13,16,20H,2,8-9,11-12H2,1H3/t16-/m0/s1. The largest absolute Gasteiger partial charge is 0.378 e. The molecule has 6 nitrogen and oxygen atoms in total. The lowest BCUT2D eigenvalue weighted by atomic mass is 10.2. The highest BCUT2D eigenvalue weighted by molar-refractivity contribution is 5.67. The molecule has 0 saturated carbocycles. The van der Waals surface area contributed by atoms with Gasteiger partial charge in [0.05, 0.1) is 11.4 Å². The smallest absolute Gasteiger partial charge is 0.200 e. The molecule has 4 rings (SSSR count). The average Bonchev–Trinajstić information content (AvgIpc) is 3.25. The number of anilines is 1. The molecule has 3 heterocycles. The van der Waals surface area contributed by atoms with E-state index in [1.807, 2.05) is 0 Å². The van der Waals surface area contributed by atoms with Crippen LogP contribution >= 0.6 is 0 Å². The van der Waals surface area contributed by atoms with E-state index in [1.54, 1.807) is 10.8 Å². The first-order valence-corrected chi connectivity index (χ1v) is 8.54. The van der Waals surface area contributed by atoms with Crippen molar-refractivity contribution in [1.29, 1.82) is 0 Å². The summed E-state index contributed by atoms with van der Waals surface area (Å²) in [6.07, 6.45) is 3.69. The summed E-state index contributed by atoms with van der Waals surface area (Å²) in [5.74, 6) is 0. The summed E-state index contributed by atoms with van der Waals surface area (Å²) in [5, 5.41) is 16.3. The van der Waals surface area contributed by atoms with E-state index in [1.165, 1.54) is 5.56 Å². The van der Waals surface area contributed by atoms with Crippen molar-refractivity contribution in [1.82, 2.24) is 24.7 Å². The molecule has 24 heavy (non-hydrogen) atoms. The Hall–Kier alpha value is -2.47. The molecule has 1 N–H and O–H groups in total. The molecule has 1 atom stereocenters. The van der Waals surface area contributed by atoms with Crippen molar-refractivity contribution in [2.45, 2.75) is 32.4 Å². The van der Waals surface area contributed by atoms with E-state index in [9.17, 15) is 0 Å². The van der Waals surface area contributed by atoms with Gasteiger partial charge in [0, 0.05) is 25.7 Å². The molecular formula is C18H22N6. The Bertz CT molecular complexity index is 813. The Morgan fingerprint density at radius 2 is 2.12 bits per heavy atom. The Balaban J connectivity index is 1.46. The molecule has 0 amide bonds. The van der Waals surface area contributed by atoms with Gasteiger partial charge in [-0.15, -0.1) is 10.2 Å². The van der Waals surface area contributed by atoms with E-state index < -0.39 is 0 Å². The maximum atomic E-state index is 4.50. The van der Waals surface area contributed by atoms with Crippen molar-refractivity contribution in [3.05, 3.63) is 54.0 Å². The van der Waals surface area contributed by atoms with Gasteiger partial charge in [0.15, 0.2) is 0 Å². The highest BCUT2D eigenvalue weighted by Gasteiger charge is 2.23. The Kier molecular flexibility index (Phi) is 4.13. The zero-order chi connectivity index (χ0) is 16.4. The van der Waals surface area contributed by atoms with Gasteiger partial charge in [0.25, 0.3) is 0 Å². The summed E-state index contributed by atoms with van der Waals surface area (Å²) >= 11 is 0. The maximum Gasteiger partial charge on any atom is 0.200 e. The van der Waals surface area contributed by atoms with Crippen LogP contribution in [0.4, 0.5) is 5.69 Å². The van der Waals surface area contributed by atoms with Gasteiger partial charge in [0.2, 0.25) is 5.65 Å². The van der Waals surface area contributed by atoms with Gasteiger partial charge >= 0.3 is 0 Å². The van der Waals surface area contributed by atoms with Crippen LogP contribution in [0.3, 0.4) is 0 Å². The lowest BCUT2D eigenvalue weighted by Gasteiger charge is -2.18. The minimum Gasteiger partial charge on any atom is -0.378 e. The maximum absolute atomic E-state index is 4.50. The summed E-state index contributed by atoms with van der Waals surface area (Å²) in [5.41, 5.74) is 4.25. The third kappa shape index (κ3) is 3.10. The van der Waals surface area contributed by atoms with Crippen molar-refractivity contribution in [3.63, 3.8) is 0 Å². The predicted octanol–water partition coefficient (Wildman–Crippen LogP) is 2.37. The van der Waals surface area contributed by atoms with Crippen LogP contribution in [0.25, 0.3) is 5.65 Å². The van der Waals surface area contributed by atoms with Crippen LogP contribution in [0.5, 0.6) is 0 Å². The molecule has 0 spiro atoms. The molecule has 0 unspecified atom stereocenters. The van der Waals surface area contributed by atoms with E-state index in [2.05, 4.69) is 68.8 Å². The van der Waals surface area contributed by atoms with Gasteiger partial charge in [-0.25, -0.2) is 0 Å². The van der Waals surface area contributed by atoms with Crippen LogP contribution in [0, 0.1) is 0 Å². The van der Waals surface area contributed by atoms with Gasteiger partial charge in [-0.1, -0.05) is 37.3 Å². The van der Waals surface area contributed by atoms with Crippen LogP contribution in [-0.2, 0) is 13.0 Å². The van der Waals surface area contributed by atoms with Gasteiger partial charge < -0.3 is 5.32 Å². The second kappa shape index (κ2) is 6.57. The van der Waals surface area contributed by atoms with Crippen molar-refractivity contribution < 1.29 is 0 Å². The van der Waals surface area contributed by atoms with E-state index in [-0.39, 0.29) is 0 Å². The number of nitrogens with one attached hydrogen (secondary N) is 1. The third-order valence-electron chi connectivity index (χ3n) is 4.56. The third-order valence-corrected chi connectivity index (χ3v) is 4.56. The fraction of sp³-hybridized carbons (Fsp3) is 0.389. The topological polar surface area (TPSA) is 58.3 Å². The summed E-state index contributed by atoms with van der Waals surface area (Å²) in [6.45, 7) is 5.27. The Morgan fingerprint density at radius 3 is 2.96 bits per heavy atom. The lowest BCUT2D eigenvalue weighted by molar-refractivity contribution is 0.328. The SMILES string of the molecule is CCc1cc(N[C@H]2CCN(Cc3ccccc3)C2)c2nncn2n1. The van der Waals surface area contributed by atoms with Gasteiger partial charge in [0.1, 0.15) is 6.33 Å². The molecule has 2 aromatic heterocycles. The number of fused-ring (bicyclic) bond motifs is 1. The number of hydrogen-bond acceptors (Lipinski definition) is 5. The van der Waals surface area contributed by atoms with Crippen molar-refractivity contribution in [2.24, 2.45) is 0 Å². The molecule has 0 aliphatic carbocycles. The number of benzene rings is 1. The molecule has 1 aliphatic rings. The highest BCUT2D eigenvalue weighted by Crippen LogP contribution is 2.21. The van der Waals surface area contributed by atoms with Gasteiger partial charge in [-0.05, 0) is 24.5 Å². The van der Waals surface area contributed by atoms with E-state index in [0.29, 0.717) is 6.04 Å². The normalized spacial score (nSPS) is 18.3. The summed E-state index contributed by atoms with van der Waals surface area (Å²) in [7, 11) is 0. The van der Waals surface area contributed by atoms with Crippen LogP contribution < -0.4 is 5.32 Å². The first-order valence-electron chi connectivity index (χ1n) is 8.54. The van der Waals surface area contributed by atoms with Crippen LogP contribution in [0.15, 0.2) is 42.7 Å². The summed E-state index contributed by atoms with van der Waals surface area (Å²) in [6, 6.07) is 13.2. The highest BCUT2D eigenvalue weighted by atomic mass is 15.3. The minimum atomic E-state index is 0.432. The van der Waals surface area contributed by atoms with Gasteiger partial charge in [-0.3, -0.25) is 4.90 Å². The molecule has 1 aromatic carbocycles. The quantitative estimate of drug-likeness (QED) is 0.781. The molecule has 0 bridgehead atoms. The number of likely N-dealkylation sites (tertiary alicyclic amines) is 1. The minimum absolute atomic E-state index is 0.432. The number of aromatic nitrogens is 4. The number of hydrogen-bond donors (Lipinski definition) is 1. The fourth-order valence-corrected chi connectivity index (χ4v) is 3.31. The first kappa shape index (κ1) is 15.1. The number of aryl methyl sites for hydroxylation is 1. The molecule has 3 aromatic rings. The number of rotatable bonds is 5. The summed E-state index contributed by atoms with van der Waals surface area (Å²) < 4.78 is 1.76. The molecule has 124 valence electrons. The molecule has 1 fully saturated rings. The predicted molar refractivity (Wildman–Crippen MR) is 93.9 cm³/mol. The van der Waals surface area contributed by atoms with Crippen LogP contribution in [-0.4, -0.2) is 43.8 Å². The van der Waals surface area contributed by atoms with E-state index in [0.717, 1.165) is 49.5 Å². The van der Waals surface area contributed by atoms with Crippen LogP contribution in [0.2, 0.25) is 0 Å². The second-order valence-electron chi connectivity index (χ2n) is 6.35. The Morgan fingerprint density at radius 1 is 1.25 bits per heavy atom. The van der Waals surface area contributed by atoms with E-state index in [4.69, 9.17) is 0 Å². The molecule has 6 heteroatoms. The average molecular weight is 322 g/mol. The molecular weight excluding hydrogens is 300 g/mol. The first-order chi connectivity index (χ1) is 11.8. The van der Waals surface area contributed by atoms with Crippen molar-refractivity contribution in [3.8, 4) is 0 Å². The zero-order valence-corrected chi connectivity index (χ0v) is 13.9. The van der Waals surface area contributed by atoms with Crippen molar-refractivity contribution in [2.75, 3.05) is 18.4 Å². The zero-order valence-electron chi connectivity index (χ0n) is 13.9.